The van der Waals surface area contributed by atoms with Crippen molar-refractivity contribution < 1.29 is 34.1 Å². The van der Waals surface area contributed by atoms with Gasteiger partial charge in [0, 0.05) is 30.9 Å². The van der Waals surface area contributed by atoms with E-state index in [0.29, 0.717) is 24.6 Å². The lowest BCUT2D eigenvalue weighted by atomic mass is 10.1. The molecule has 1 atom stereocenters. The minimum atomic E-state index is -1.20. The van der Waals surface area contributed by atoms with Crippen molar-refractivity contribution in [2.45, 2.75) is 45.3 Å². The molecule has 0 saturated carbocycles. The standard InChI is InChI=1S/C19H21N7O3.C7H13NO4/c27-18(11-21-19(28)29)25-6-3-4-13(12-25)23-17-10-20-9-15(24-17)14-8-22-26-7-2-1-5-16(14)26;1-7(2,3)12-6(11)8-4-5(9)10/h1-2,5,7-10,13,21H,3-4,6,11-12H2,(H,23,24)(H,28,29);4H2,1-3H3,(H,8,11)(H,9,10)/t13-;/m1./s1. The van der Waals surface area contributed by atoms with E-state index in [0.717, 1.165) is 23.9 Å². The Bertz CT molecular complexity index is 1370. The Labute approximate surface area is 235 Å². The fourth-order valence-corrected chi connectivity index (χ4v) is 3.95. The molecule has 0 aliphatic carbocycles. The SMILES string of the molecule is CC(C)(C)OC(=O)NCC(=O)O.O=C(O)NCC(=O)N1CCC[C@@H](Nc2cncc(-c3cnn4ccccc34)n2)C1. The number of nitrogens with one attached hydrogen (secondary N) is 3. The number of anilines is 1. The van der Waals surface area contributed by atoms with Crippen LogP contribution in [0.15, 0.2) is 43.0 Å². The Kier molecular flexibility index (Phi) is 10.4. The molecule has 5 N–H and O–H groups in total. The number of aromatic nitrogens is 4. The van der Waals surface area contributed by atoms with E-state index in [9.17, 15) is 19.2 Å². The van der Waals surface area contributed by atoms with Crippen LogP contribution < -0.4 is 16.0 Å². The van der Waals surface area contributed by atoms with Crippen molar-refractivity contribution in [3.05, 3.63) is 43.0 Å². The lowest BCUT2D eigenvalue weighted by Gasteiger charge is -2.33. The highest BCUT2D eigenvalue weighted by Gasteiger charge is 2.24. The summed E-state index contributed by atoms with van der Waals surface area (Å²) in [5.74, 6) is -0.702. The molecule has 3 aromatic heterocycles. The predicted molar refractivity (Wildman–Crippen MR) is 147 cm³/mol. The lowest BCUT2D eigenvalue weighted by Crippen LogP contribution is -2.48. The van der Waals surface area contributed by atoms with Crippen LogP contribution >= 0.6 is 0 Å². The molecule has 15 heteroatoms. The van der Waals surface area contributed by atoms with Crippen molar-refractivity contribution in [3.63, 3.8) is 0 Å². The summed E-state index contributed by atoms with van der Waals surface area (Å²) in [6, 6.07) is 5.85. The molecule has 4 rings (SSSR count). The summed E-state index contributed by atoms with van der Waals surface area (Å²) >= 11 is 0. The number of carboxylic acids is 1. The zero-order chi connectivity index (χ0) is 30.0. The maximum atomic E-state index is 12.2. The number of ether oxygens (including phenoxy) is 1. The number of carboxylic acid groups (broad SMARTS) is 2. The van der Waals surface area contributed by atoms with E-state index >= 15 is 0 Å². The molecule has 1 aliphatic rings. The van der Waals surface area contributed by atoms with Gasteiger partial charge in [-0.15, -0.1) is 0 Å². The number of hydrogen-bond donors (Lipinski definition) is 5. The molecule has 220 valence electrons. The fraction of sp³-hybridized carbons (Fsp3) is 0.423. The molecular weight excluding hydrogens is 536 g/mol. The average molecular weight is 571 g/mol. The molecule has 1 saturated heterocycles. The van der Waals surface area contributed by atoms with Crippen molar-refractivity contribution in [2.24, 2.45) is 0 Å². The molecule has 0 unspecified atom stereocenters. The van der Waals surface area contributed by atoms with E-state index in [-0.39, 0.29) is 18.5 Å². The van der Waals surface area contributed by atoms with Gasteiger partial charge >= 0.3 is 18.2 Å². The van der Waals surface area contributed by atoms with Gasteiger partial charge in [-0.05, 0) is 45.7 Å². The normalized spacial score (nSPS) is 14.8. The van der Waals surface area contributed by atoms with E-state index in [1.54, 1.807) is 48.8 Å². The molecule has 3 amide bonds. The third kappa shape index (κ3) is 9.94. The van der Waals surface area contributed by atoms with Crippen LogP contribution in [-0.2, 0) is 14.3 Å². The maximum absolute atomic E-state index is 12.2. The van der Waals surface area contributed by atoms with Gasteiger partial charge in [-0.25, -0.2) is 19.1 Å². The Morgan fingerprint density at radius 2 is 1.85 bits per heavy atom. The predicted octanol–water partition coefficient (Wildman–Crippen LogP) is 2.06. The smallest absolute Gasteiger partial charge is 0.408 e. The molecule has 41 heavy (non-hydrogen) atoms. The van der Waals surface area contributed by atoms with E-state index in [1.165, 1.54) is 0 Å². The van der Waals surface area contributed by atoms with Crippen LogP contribution in [0.4, 0.5) is 15.4 Å². The van der Waals surface area contributed by atoms with Crippen LogP contribution in [-0.4, -0.2) is 96.6 Å². The van der Waals surface area contributed by atoms with Gasteiger partial charge in [0.25, 0.3) is 0 Å². The van der Waals surface area contributed by atoms with Crippen molar-refractivity contribution in [1.82, 2.24) is 35.1 Å². The second kappa shape index (κ2) is 13.9. The molecule has 15 nitrogen and oxygen atoms in total. The van der Waals surface area contributed by atoms with E-state index in [2.05, 4.69) is 31.0 Å². The number of pyridine rings is 1. The van der Waals surface area contributed by atoms with E-state index in [4.69, 9.17) is 14.9 Å². The second-order valence-electron chi connectivity index (χ2n) is 10.1. The molecular formula is C26H34N8O7. The number of nitrogens with zero attached hydrogens (tertiary/aromatic N) is 5. The number of amides is 3. The lowest BCUT2D eigenvalue weighted by molar-refractivity contribution is -0.136. The van der Waals surface area contributed by atoms with Gasteiger partial charge in [0.05, 0.1) is 29.8 Å². The van der Waals surface area contributed by atoms with Crippen LogP contribution in [0, 0.1) is 0 Å². The first kappa shape index (κ1) is 30.6. The monoisotopic (exact) mass is 570 g/mol. The second-order valence-corrected chi connectivity index (χ2v) is 10.1. The minimum Gasteiger partial charge on any atom is -0.480 e. The highest BCUT2D eigenvalue weighted by atomic mass is 16.6. The van der Waals surface area contributed by atoms with Crippen LogP contribution in [0.5, 0.6) is 0 Å². The first-order valence-corrected chi connectivity index (χ1v) is 12.9. The van der Waals surface area contributed by atoms with Gasteiger partial charge in [0.1, 0.15) is 24.5 Å². The molecule has 3 aromatic rings. The number of alkyl carbamates (subject to hydrolysis) is 1. The van der Waals surface area contributed by atoms with Crippen molar-refractivity contribution >= 4 is 35.4 Å². The minimum absolute atomic E-state index is 0.0194. The maximum Gasteiger partial charge on any atom is 0.408 e. The van der Waals surface area contributed by atoms with Crippen LogP contribution in [0.2, 0.25) is 0 Å². The van der Waals surface area contributed by atoms with Crippen LogP contribution in [0.25, 0.3) is 16.8 Å². The van der Waals surface area contributed by atoms with Gasteiger partial charge in [-0.3, -0.25) is 14.6 Å². The zero-order valence-electron chi connectivity index (χ0n) is 23.0. The highest BCUT2D eigenvalue weighted by Crippen LogP contribution is 2.23. The van der Waals surface area contributed by atoms with Crippen molar-refractivity contribution in [1.29, 1.82) is 0 Å². The first-order chi connectivity index (χ1) is 19.4. The van der Waals surface area contributed by atoms with Gasteiger partial charge in [-0.1, -0.05) is 6.07 Å². The molecule has 0 bridgehead atoms. The molecule has 0 aromatic carbocycles. The quantitative estimate of drug-likeness (QED) is 0.278. The Morgan fingerprint density at radius 1 is 1.07 bits per heavy atom. The largest absolute Gasteiger partial charge is 0.480 e. The number of carbonyl (C=O) groups excluding carboxylic acids is 2. The fourth-order valence-electron chi connectivity index (χ4n) is 3.95. The molecule has 0 spiro atoms. The van der Waals surface area contributed by atoms with E-state index in [1.807, 2.05) is 24.4 Å². The third-order valence-electron chi connectivity index (χ3n) is 5.64. The van der Waals surface area contributed by atoms with Gasteiger partial charge in [-0.2, -0.15) is 5.10 Å². The summed E-state index contributed by atoms with van der Waals surface area (Å²) in [6.45, 7) is 5.57. The van der Waals surface area contributed by atoms with Crippen molar-refractivity contribution in [3.8, 4) is 11.3 Å². The number of fused-ring (bicyclic) bond motifs is 1. The molecule has 0 radical (unpaired) electrons. The summed E-state index contributed by atoms with van der Waals surface area (Å²) in [5, 5.41) is 28.7. The number of carbonyl (C=O) groups is 4. The number of piperidine rings is 1. The molecule has 1 aliphatic heterocycles. The molecule has 1 fully saturated rings. The summed E-state index contributed by atoms with van der Waals surface area (Å²) < 4.78 is 6.56. The summed E-state index contributed by atoms with van der Waals surface area (Å²) in [7, 11) is 0. The average Bonchev–Trinajstić information content (AvgIpc) is 3.35. The van der Waals surface area contributed by atoms with Crippen LogP contribution in [0.1, 0.15) is 33.6 Å². The first-order valence-electron chi connectivity index (χ1n) is 12.9. The van der Waals surface area contributed by atoms with E-state index < -0.39 is 30.3 Å². The highest BCUT2D eigenvalue weighted by molar-refractivity contribution is 5.82. The third-order valence-corrected chi connectivity index (χ3v) is 5.64. The summed E-state index contributed by atoms with van der Waals surface area (Å²) in [5.41, 5.74) is 1.95. The van der Waals surface area contributed by atoms with Gasteiger partial charge < -0.3 is 35.8 Å². The van der Waals surface area contributed by atoms with Gasteiger partial charge in [0.15, 0.2) is 0 Å². The summed E-state index contributed by atoms with van der Waals surface area (Å²) in [6.07, 6.45) is 6.79. The Balaban J connectivity index is 0.000000327. The summed E-state index contributed by atoms with van der Waals surface area (Å²) in [4.78, 5) is 54.2. The number of likely N-dealkylation sites (tertiary alicyclic amines) is 1. The van der Waals surface area contributed by atoms with Crippen molar-refractivity contribution in [2.75, 3.05) is 31.5 Å². The molecule has 4 heterocycles. The topological polar surface area (TPSA) is 200 Å². The Morgan fingerprint density at radius 3 is 2.56 bits per heavy atom. The number of hydrogen-bond acceptors (Lipinski definition) is 9. The van der Waals surface area contributed by atoms with Crippen LogP contribution in [0.3, 0.4) is 0 Å². The number of rotatable bonds is 7. The van der Waals surface area contributed by atoms with Gasteiger partial charge in [0.2, 0.25) is 5.91 Å². The Hall–Kier alpha value is -4.95. The zero-order valence-corrected chi connectivity index (χ0v) is 23.0. The number of aliphatic carboxylic acids is 1.